The average molecular weight is 248 g/mol. The molecule has 0 radical (unpaired) electrons. The fraction of sp³-hybridized carbons (Fsp3) is 0.923. The molecule has 1 atom stereocenters. The van der Waals surface area contributed by atoms with E-state index in [2.05, 4.69) is 11.7 Å². The van der Waals surface area contributed by atoms with Gasteiger partial charge in [-0.2, -0.15) is 0 Å². The second-order valence-electron chi connectivity index (χ2n) is 4.35. The van der Waals surface area contributed by atoms with Gasteiger partial charge in [0.2, 0.25) is 0 Å². The van der Waals surface area contributed by atoms with E-state index in [0.29, 0.717) is 12.5 Å². The smallest absolute Gasteiger partial charge is 0.308 e. The zero-order chi connectivity index (χ0) is 13.7. The molecule has 0 fully saturated rings. The highest BCUT2D eigenvalue weighted by atomic mass is 16.5. The highest BCUT2D eigenvalue weighted by Crippen LogP contribution is 2.10. The molecule has 104 valence electrons. The van der Waals surface area contributed by atoms with E-state index in [1.807, 2.05) is 0 Å². The fourth-order valence-corrected chi connectivity index (χ4v) is 1.21. The summed E-state index contributed by atoms with van der Waals surface area (Å²) in [6.45, 7) is 6.25. The van der Waals surface area contributed by atoms with Gasteiger partial charge in [0.1, 0.15) is 0 Å². The zero-order valence-electron chi connectivity index (χ0n) is 11.6. The van der Waals surface area contributed by atoms with Crippen LogP contribution < -0.4 is 0 Å². The van der Waals surface area contributed by atoms with Crippen molar-refractivity contribution in [1.82, 2.24) is 0 Å². The van der Waals surface area contributed by atoms with Crippen LogP contribution in [0.25, 0.3) is 0 Å². The number of unbranched alkanes of at least 4 members (excludes halogenated alkanes) is 1. The Kier molecular flexibility index (Phi) is 14.8. The SMILES string of the molecule is CCC(CO)CCCCO.COC(=O)C(C)C. The molecule has 0 spiro atoms. The minimum atomic E-state index is -0.153. The molecule has 0 rings (SSSR count). The Morgan fingerprint density at radius 2 is 1.82 bits per heavy atom. The molecule has 0 aromatic carbocycles. The summed E-state index contributed by atoms with van der Waals surface area (Å²) in [7, 11) is 1.39. The topological polar surface area (TPSA) is 66.8 Å². The maximum Gasteiger partial charge on any atom is 0.308 e. The van der Waals surface area contributed by atoms with E-state index < -0.39 is 0 Å². The third-order valence-electron chi connectivity index (χ3n) is 2.53. The number of methoxy groups -OCH3 is 1. The first-order chi connectivity index (χ1) is 8.03. The van der Waals surface area contributed by atoms with E-state index >= 15 is 0 Å². The monoisotopic (exact) mass is 248 g/mol. The molecule has 0 heterocycles. The molecule has 0 aliphatic heterocycles. The molecule has 0 aromatic rings. The summed E-state index contributed by atoms with van der Waals surface area (Å²) in [5.41, 5.74) is 0. The van der Waals surface area contributed by atoms with Gasteiger partial charge in [0, 0.05) is 13.2 Å². The summed E-state index contributed by atoms with van der Waals surface area (Å²) in [6.07, 6.45) is 4.00. The van der Waals surface area contributed by atoms with Crippen molar-refractivity contribution >= 4 is 5.97 Å². The molecule has 0 saturated heterocycles. The van der Waals surface area contributed by atoms with Crippen LogP contribution in [0, 0.1) is 11.8 Å². The minimum Gasteiger partial charge on any atom is -0.469 e. The Hall–Kier alpha value is -0.610. The van der Waals surface area contributed by atoms with Crippen LogP contribution in [0.5, 0.6) is 0 Å². The first-order valence-corrected chi connectivity index (χ1v) is 6.32. The van der Waals surface area contributed by atoms with Crippen LogP contribution in [-0.2, 0) is 9.53 Å². The molecule has 0 bridgehead atoms. The third kappa shape index (κ3) is 13.3. The van der Waals surface area contributed by atoms with Crippen molar-refractivity contribution in [2.24, 2.45) is 11.8 Å². The Morgan fingerprint density at radius 3 is 2.06 bits per heavy atom. The van der Waals surface area contributed by atoms with Gasteiger partial charge in [0.25, 0.3) is 0 Å². The van der Waals surface area contributed by atoms with Crippen LogP contribution in [0.15, 0.2) is 0 Å². The number of ether oxygens (including phenoxy) is 1. The predicted octanol–water partition coefficient (Wildman–Crippen LogP) is 1.98. The molecule has 0 saturated carbocycles. The number of esters is 1. The molecule has 4 nitrogen and oxygen atoms in total. The average Bonchev–Trinajstić information content (AvgIpc) is 2.34. The van der Waals surface area contributed by atoms with Crippen LogP contribution >= 0.6 is 0 Å². The normalized spacial score (nSPS) is 11.7. The largest absolute Gasteiger partial charge is 0.469 e. The standard InChI is InChI=1S/C8H18O2.C5H10O2/c1-2-8(7-10)5-3-4-6-9;1-4(2)5(6)7-3/h8-10H,2-7H2,1H3;4H,1-3H3. The first-order valence-electron chi connectivity index (χ1n) is 6.32. The first kappa shape index (κ1) is 18.7. The second kappa shape index (κ2) is 13.5. The van der Waals surface area contributed by atoms with Crippen molar-refractivity contribution < 1.29 is 19.7 Å². The van der Waals surface area contributed by atoms with Gasteiger partial charge in [-0.3, -0.25) is 4.79 Å². The number of rotatable bonds is 7. The zero-order valence-corrected chi connectivity index (χ0v) is 11.6. The number of carbonyl (C=O) groups is 1. The lowest BCUT2D eigenvalue weighted by Crippen LogP contribution is -2.07. The molecule has 17 heavy (non-hydrogen) atoms. The van der Waals surface area contributed by atoms with Crippen molar-refractivity contribution in [2.75, 3.05) is 20.3 Å². The summed E-state index contributed by atoms with van der Waals surface area (Å²) in [4.78, 5) is 10.3. The third-order valence-corrected chi connectivity index (χ3v) is 2.53. The maximum atomic E-state index is 10.3. The summed E-state index contributed by atoms with van der Waals surface area (Å²) >= 11 is 0. The number of aliphatic hydroxyl groups excluding tert-OH is 2. The van der Waals surface area contributed by atoms with Gasteiger partial charge in [-0.15, -0.1) is 0 Å². The molecule has 0 aromatic heterocycles. The lowest BCUT2D eigenvalue weighted by Gasteiger charge is -2.09. The molecule has 0 aliphatic carbocycles. The highest BCUT2D eigenvalue weighted by molar-refractivity contribution is 5.71. The van der Waals surface area contributed by atoms with Crippen molar-refractivity contribution in [3.05, 3.63) is 0 Å². The fourth-order valence-electron chi connectivity index (χ4n) is 1.21. The Morgan fingerprint density at radius 1 is 1.24 bits per heavy atom. The van der Waals surface area contributed by atoms with E-state index in [-0.39, 0.29) is 18.5 Å². The van der Waals surface area contributed by atoms with Crippen molar-refractivity contribution in [3.63, 3.8) is 0 Å². The van der Waals surface area contributed by atoms with Gasteiger partial charge in [0.05, 0.1) is 13.0 Å². The van der Waals surface area contributed by atoms with Crippen LogP contribution in [-0.4, -0.2) is 36.5 Å². The molecular formula is C13H28O4. The maximum absolute atomic E-state index is 10.3. The molecule has 0 amide bonds. The Labute approximate surface area is 105 Å². The number of carbonyl (C=O) groups excluding carboxylic acids is 1. The quantitative estimate of drug-likeness (QED) is 0.534. The minimum absolute atomic E-state index is 0.00463. The van der Waals surface area contributed by atoms with Crippen LogP contribution in [0.1, 0.15) is 46.5 Å². The number of hydrogen-bond donors (Lipinski definition) is 2. The molecular weight excluding hydrogens is 220 g/mol. The van der Waals surface area contributed by atoms with Crippen molar-refractivity contribution in [1.29, 1.82) is 0 Å². The van der Waals surface area contributed by atoms with Crippen LogP contribution in [0.2, 0.25) is 0 Å². The number of hydrogen-bond acceptors (Lipinski definition) is 4. The second-order valence-corrected chi connectivity index (χ2v) is 4.35. The van der Waals surface area contributed by atoms with Gasteiger partial charge in [0.15, 0.2) is 0 Å². The Balaban J connectivity index is 0. The lowest BCUT2D eigenvalue weighted by molar-refractivity contribution is -0.144. The summed E-state index contributed by atoms with van der Waals surface area (Å²) < 4.78 is 4.37. The van der Waals surface area contributed by atoms with Gasteiger partial charge < -0.3 is 14.9 Å². The van der Waals surface area contributed by atoms with Crippen molar-refractivity contribution in [3.8, 4) is 0 Å². The van der Waals surface area contributed by atoms with E-state index in [9.17, 15) is 4.79 Å². The molecule has 0 aliphatic rings. The van der Waals surface area contributed by atoms with Crippen LogP contribution in [0.3, 0.4) is 0 Å². The van der Waals surface area contributed by atoms with E-state index in [1.54, 1.807) is 13.8 Å². The highest BCUT2D eigenvalue weighted by Gasteiger charge is 2.03. The van der Waals surface area contributed by atoms with E-state index in [0.717, 1.165) is 25.7 Å². The van der Waals surface area contributed by atoms with Gasteiger partial charge in [-0.25, -0.2) is 0 Å². The van der Waals surface area contributed by atoms with E-state index in [4.69, 9.17) is 10.2 Å². The van der Waals surface area contributed by atoms with Gasteiger partial charge >= 0.3 is 5.97 Å². The molecule has 2 N–H and O–H groups in total. The summed E-state index contributed by atoms with van der Waals surface area (Å²) in [5.74, 6) is 0.302. The molecule has 1 unspecified atom stereocenters. The summed E-state index contributed by atoms with van der Waals surface area (Å²) in [5, 5.41) is 17.2. The lowest BCUT2D eigenvalue weighted by atomic mass is 10.0. The van der Waals surface area contributed by atoms with E-state index in [1.165, 1.54) is 7.11 Å². The number of aliphatic hydroxyl groups is 2. The Bertz CT molecular complexity index is 165. The van der Waals surface area contributed by atoms with Crippen molar-refractivity contribution in [2.45, 2.75) is 46.5 Å². The van der Waals surface area contributed by atoms with Crippen LogP contribution in [0.4, 0.5) is 0 Å². The van der Waals surface area contributed by atoms with Gasteiger partial charge in [-0.1, -0.05) is 33.6 Å². The molecule has 4 heteroatoms. The summed E-state index contributed by atoms with van der Waals surface area (Å²) in [6, 6.07) is 0. The van der Waals surface area contributed by atoms with Gasteiger partial charge in [-0.05, 0) is 18.8 Å². The predicted molar refractivity (Wildman–Crippen MR) is 68.7 cm³/mol.